The summed E-state index contributed by atoms with van der Waals surface area (Å²) < 4.78 is 0. The van der Waals surface area contributed by atoms with Crippen LogP contribution in [0, 0.1) is 0 Å². The SMILES string of the molecule is CCN(CC)CC(C)NCc1ccc([Si](C)(C)C)cc1. The van der Waals surface area contributed by atoms with Crippen molar-refractivity contribution in [2.24, 2.45) is 0 Å². The van der Waals surface area contributed by atoms with Crippen molar-refractivity contribution in [3.8, 4) is 0 Å². The van der Waals surface area contributed by atoms with Crippen LogP contribution in [-0.2, 0) is 6.54 Å². The topological polar surface area (TPSA) is 15.3 Å². The van der Waals surface area contributed by atoms with Crippen LogP contribution < -0.4 is 10.5 Å². The van der Waals surface area contributed by atoms with Gasteiger partial charge in [-0.3, -0.25) is 0 Å². The Hall–Kier alpha value is -0.643. The Balaban J connectivity index is 2.46. The van der Waals surface area contributed by atoms with Crippen LogP contribution >= 0.6 is 0 Å². The summed E-state index contributed by atoms with van der Waals surface area (Å²) in [5.74, 6) is 0. The molecule has 0 amide bonds. The van der Waals surface area contributed by atoms with Gasteiger partial charge in [-0.05, 0) is 25.6 Å². The van der Waals surface area contributed by atoms with Crippen LogP contribution in [0.2, 0.25) is 19.6 Å². The highest BCUT2D eigenvalue weighted by atomic mass is 28.3. The van der Waals surface area contributed by atoms with E-state index in [4.69, 9.17) is 0 Å². The van der Waals surface area contributed by atoms with Crippen molar-refractivity contribution >= 4 is 13.3 Å². The van der Waals surface area contributed by atoms with Crippen molar-refractivity contribution < 1.29 is 0 Å². The van der Waals surface area contributed by atoms with E-state index in [1.165, 1.54) is 10.8 Å². The molecule has 2 nitrogen and oxygen atoms in total. The fraction of sp³-hybridized carbons (Fsp3) is 0.647. The van der Waals surface area contributed by atoms with Gasteiger partial charge in [0.1, 0.15) is 0 Å². The minimum Gasteiger partial charge on any atom is -0.309 e. The van der Waals surface area contributed by atoms with Crippen molar-refractivity contribution in [1.29, 1.82) is 0 Å². The maximum atomic E-state index is 3.63. The molecule has 0 saturated carbocycles. The van der Waals surface area contributed by atoms with Crippen molar-refractivity contribution in [3.63, 3.8) is 0 Å². The van der Waals surface area contributed by atoms with E-state index in [0.717, 1.165) is 26.2 Å². The molecule has 1 N–H and O–H groups in total. The molecule has 1 rings (SSSR count). The highest BCUT2D eigenvalue weighted by molar-refractivity contribution is 6.88. The fourth-order valence-corrected chi connectivity index (χ4v) is 3.51. The molecule has 0 saturated heterocycles. The third-order valence-corrected chi connectivity index (χ3v) is 5.97. The lowest BCUT2D eigenvalue weighted by atomic mass is 10.2. The fourth-order valence-electron chi connectivity index (χ4n) is 2.35. The Morgan fingerprint density at radius 1 is 1.05 bits per heavy atom. The van der Waals surface area contributed by atoms with Crippen LogP contribution in [0.4, 0.5) is 0 Å². The van der Waals surface area contributed by atoms with Crippen molar-refractivity contribution in [1.82, 2.24) is 10.2 Å². The van der Waals surface area contributed by atoms with Gasteiger partial charge in [-0.15, -0.1) is 0 Å². The standard InChI is InChI=1S/C17H32N2Si/c1-7-19(8-2)14-15(3)18-13-16-9-11-17(12-10-16)20(4,5)6/h9-12,15,18H,7-8,13-14H2,1-6H3. The Morgan fingerprint density at radius 2 is 1.60 bits per heavy atom. The molecule has 3 heteroatoms. The average molecular weight is 293 g/mol. The van der Waals surface area contributed by atoms with E-state index in [1.807, 2.05) is 0 Å². The zero-order valence-electron chi connectivity index (χ0n) is 14.2. The lowest BCUT2D eigenvalue weighted by molar-refractivity contribution is 0.270. The molecular weight excluding hydrogens is 260 g/mol. The summed E-state index contributed by atoms with van der Waals surface area (Å²) in [6.07, 6.45) is 0. The van der Waals surface area contributed by atoms with Gasteiger partial charge in [-0.2, -0.15) is 0 Å². The first-order valence-electron chi connectivity index (χ1n) is 7.92. The summed E-state index contributed by atoms with van der Waals surface area (Å²) >= 11 is 0. The van der Waals surface area contributed by atoms with Crippen molar-refractivity contribution in [2.45, 2.75) is 53.0 Å². The molecule has 0 aliphatic carbocycles. The Bertz CT molecular complexity index is 377. The molecule has 0 spiro atoms. The van der Waals surface area contributed by atoms with Gasteiger partial charge in [0, 0.05) is 19.1 Å². The number of hydrogen-bond donors (Lipinski definition) is 1. The molecule has 0 heterocycles. The van der Waals surface area contributed by atoms with E-state index in [0.29, 0.717) is 6.04 Å². The molecule has 20 heavy (non-hydrogen) atoms. The monoisotopic (exact) mass is 292 g/mol. The van der Waals surface area contributed by atoms with Crippen LogP contribution in [-0.4, -0.2) is 38.6 Å². The Kier molecular flexibility index (Phi) is 6.93. The van der Waals surface area contributed by atoms with Crippen molar-refractivity contribution in [2.75, 3.05) is 19.6 Å². The van der Waals surface area contributed by atoms with Crippen LogP contribution in [0.1, 0.15) is 26.3 Å². The van der Waals surface area contributed by atoms with Gasteiger partial charge in [-0.1, -0.05) is 62.9 Å². The van der Waals surface area contributed by atoms with Gasteiger partial charge in [0.2, 0.25) is 0 Å². The lowest BCUT2D eigenvalue weighted by Gasteiger charge is -2.23. The van der Waals surface area contributed by atoms with E-state index in [-0.39, 0.29) is 0 Å². The zero-order valence-corrected chi connectivity index (χ0v) is 15.2. The Labute approximate surface area is 126 Å². The minimum absolute atomic E-state index is 0.534. The van der Waals surface area contributed by atoms with Gasteiger partial charge in [0.15, 0.2) is 0 Å². The minimum atomic E-state index is -1.16. The molecule has 0 aromatic heterocycles. The average Bonchev–Trinajstić information content (AvgIpc) is 2.42. The summed E-state index contributed by atoms with van der Waals surface area (Å²) in [5.41, 5.74) is 1.39. The normalized spacial score (nSPS) is 13.8. The first-order valence-corrected chi connectivity index (χ1v) is 11.4. The van der Waals surface area contributed by atoms with E-state index in [2.05, 4.69) is 74.9 Å². The quantitative estimate of drug-likeness (QED) is 0.741. The largest absolute Gasteiger partial charge is 0.309 e. The van der Waals surface area contributed by atoms with Gasteiger partial charge < -0.3 is 10.2 Å². The van der Waals surface area contributed by atoms with Gasteiger partial charge in [0.05, 0.1) is 8.07 Å². The van der Waals surface area contributed by atoms with Crippen LogP contribution in [0.3, 0.4) is 0 Å². The van der Waals surface area contributed by atoms with E-state index in [9.17, 15) is 0 Å². The first kappa shape index (κ1) is 17.4. The number of nitrogens with zero attached hydrogens (tertiary/aromatic N) is 1. The molecule has 1 atom stereocenters. The highest BCUT2D eigenvalue weighted by Gasteiger charge is 2.15. The van der Waals surface area contributed by atoms with Gasteiger partial charge in [-0.25, -0.2) is 0 Å². The summed E-state index contributed by atoms with van der Waals surface area (Å²) in [6, 6.07) is 9.73. The van der Waals surface area contributed by atoms with E-state index < -0.39 is 8.07 Å². The lowest BCUT2D eigenvalue weighted by Crippen LogP contribution is -2.39. The molecule has 0 aliphatic heterocycles. The van der Waals surface area contributed by atoms with Crippen molar-refractivity contribution in [3.05, 3.63) is 29.8 Å². The maximum Gasteiger partial charge on any atom is 0.0775 e. The molecule has 0 aliphatic rings. The molecule has 0 fully saturated rings. The maximum absolute atomic E-state index is 3.63. The second-order valence-corrected chi connectivity index (χ2v) is 11.8. The number of benzene rings is 1. The van der Waals surface area contributed by atoms with E-state index in [1.54, 1.807) is 0 Å². The van der Waals surface area contributed by atoms with Crippen LogP contribution in [0.15, 0.2) is 24.3 Å². The summed E-state index contributed by atoms with van der Waals surface area (Å²) in [4.78, 5) is 2.46. The number of rotatable bonds is 8. The summed E-state index contributed by atoms with van der Waals surface area (Å²) in [6.45, 7) is 18.3. The summed E-state index contributed by atoms with van der Waals surface area (Å²) in [7, 11) is -1.16. The molecule has 114 valence electrons. The number of nitrogens with one attached hydrogen (secondary N) is 1. The van der Waals surface area contributed by atoms with Crippen LogP contribution in [0.5, 0.6) is 0 Å². The smallest absolute Gasteiger partial charge is 0.0775 e. The van der Waals surface area contributed by atoms with Gasteiger partial charge in [0.25, 0.3) is 0 Å². The highest BCUT2D eigenvalue weighted by Crippen LogP contribution is 2.05. The molecule has 0 bridgehead atoms. The second-order valence-electron chi connectivity index (χ2n) is 6.71. The predicted octanol–water partition coefficient (Wildman–Crippen LogP) is 3.05. The number of hydrogen-bond acceptors (Lipinski definition) is 2. The molecular formula is C17H32N2Si. The molecule has 1 unspecified atom stereocenters. The summed E-state index contributed by atoms with van der Waals surface area (Å²) in [5, 5.41) is 5.17. The Morgan fingerprint density at radius 3 is 2.05 bits per heavy atom. The van der Waals surface area contributed by atoms with Gasteiger partial charge >= 0.3 is 0 Å². The predicted molar refractivity (Wildman–Crippen MR) is 93.5 cm³/mol. The third kappa shape index (κ3) is 5.78. The molecule has 1 aromatic carbocycles. The molecule has 1 aromatic rings. The molecule has 0 radical (unpaired) electrons. The third-order valence-electron chi connectivity index (χ3n) is 3.90. The second kappa shape index (κ2) is 7.96. The number of likely N-dealkylation sites (N-methyl/N-ethyl adjacent to an activating group) is 1. The zero-order chi connectivity index (χ0) is 15.2. The first-order chi connectivity index (χ1) is 9.36. The van der Waals surface area contributed by atoms with Crippen LogP contribution in [0.25, 0.3) is 0 Å². The van der Waals surface area contributed by atoms with E-state index >= 15 is 0 Å².